The first-order valence-electron chi connectivity index (χ1n) is 7.29. The second kappa shape index (κ2) is 5.80. The summed E-state index contributed by atoms with van der Waals surface area (Å²) in [6.07, 6.45) is 0.893. The molecule has 0 heterocycles. The molecule has 0 aliphatic carbocycles. The van der Waals surface area contributed by atoms with Crippen LogP contribution in [0.25, 0.3) is 0 Å². The first kappa shape index (κ1) is 14.8. The highest BCUT2D eigenvalue weighted by Crippen LogP contribution is 2.30. The Balaban J connectivity index is 2.42. The fraction of sp³-hybridized carbons (Fsp3) is 0.368. The van der Waals surface area contributed by atoms with Crippen LogP contribution in [-0.4, -0.2) is 0 Å². The Morgan fingerprint density at radius 3 is 1.70 bits per heavy atom. The molecule has 2 rings (SSSR count). The van der Waals surface area contributed by atoms with E-state index >= 15 is 0 Å². The van der Waals surface area contributed by atoms with E-state index in [1.807, 2.05) is 6.07 Å². The van der Waals surface area contributed by atoms with Crippen molar-refractivity contribution in [2.45, 2.75) is 47.1 Å². The van der Waals surface area contributed by atoms with Crippen molar-refractivity contribution >= 4 is 0 Å². The zero-order valence-electron chi connectivity index (χ0n) is 13.2. The van der Waals surface area contributed by atoms with Crippen molar-refractivity contribution in [1.29, 1.82) is 0 Å². The van der Waals surface area contributed by atoms with Gasteiger partial charge in [0, 0.05) is 6.04 Å². The average molecular weight is 267 g/mol. The second-order valence-corrected chi connectivity index (χ2v) is 5.83. The van der Waals surface area contributed by atoms with Gasteiger partial charge in [-0.05, 0) is 80.0 Å². The highest BCUT2D eigenvalue weighted by molar-refractivity contribution is 5.50. The van der Waals surface area contributed by atoms with Gasteiger partial charge in [-0.2, -0.15) is 0 Å². The van der Waals surface area contributed by atoms with Crippen LogP contribution in [-0.2, 0) is 6.42 Å². The lowest BCUT2D eigenvalue weighted by Crippen LogP contribution is -2.18. The van der Waals surface area contributed by atoms with Crippen LogP contribution in [0.15, 0.2) is 30.3 Å². The number of benzene rings is 2. The smallest absolute Gasteiger partial charge is 0.0341 e. The van der Waals surface area contributed by atoms with Crippen molar-refractivity contribution in [3.05, 3.63) is 69.3 Å². The van der Waals surface area contributed by atoms with Crippen molar-refractivity contribution in [2.75, 3.05) is 0 Å². The van der Waals surface area contributed by atoms with Crippen LogP contribution in [0.3, 0.4) is 0 Å². The maximum Gasteiger partial charge on any atom is 0.0341 e. The fourth-order valence-electron chi connectivity index (χ4n) is 3.06. The van der Waals surface area contributed by atoms with Crippen LogP contribution in [0.2, 0.25) is 0 Å². The molecule has 0 bridgehead atoms. The van der Waals surface area contributed by atoms with Crippen LogP contribution >= 0.6 is 0 Å². The Labute approximate surface area is 122 Å². The molecule has 0 aliphatic rings. The Hall–Kier alpha value is -1.60. The van der Waals surface area contributed by atoms with Gasteiger partial charge in [-0.15, -0.1) is 0 Å². The highest BCUT2D eigenvalue weighted by atomic mass is 14.6. The van der Waals surface area contributed by atoms with Gasteiger partial charge in [-0.1, -0.05) is 30.3 Å². The number of nitrogens with two attached hydrogens (primary N) is 1. The molecule has 0 aliphatic heterocycles. The lowest BCUT2D eigenvalue weighted by atomic mass is 9.85. The molecule has 1 heteroatoms. The Morgan fingerprint density at radius 1 is 0.750 bits per heavy atom. The minimum Gasteiger partial charge on any atom is -0.324 e. The molecule has 0 radical (unpaired) electrons. The van der Waals surface area contributed by atoms with E-state index in [9.17, 15) is 0 Å². The quantitative estimate of drug-likeness (QED) is 0.872. The topological polar surface area (TPSA) is 26.0 Å². The van der Waals surface area contributed by atoms with E-state index in [1.54, 1.807) is 0 Å². The van der Waals surface area contributed by atoms with E-state index < -0.39 is 0 Å². The molecule has 2 N–H and O–H groups in total. The first-order chi connectivity index (χ1) is 9.43. The SMILES string of the molecule is Cc1c(C)c(C)c(C(N)Cc2ccccc2)c(C)c1C. The van der Waals surface area contributed by atoms with Gasteiger partial charge in [0.25, 0.3) is 0 Å². The van der Waals surface area contributed by atoms with Crippen molar-refractivity contribution in [3.63, 3.8) is 0 Å². The molecular weight excluding hydrogens is 242 g/mol. The molecule has 1 unspecified atom stereocenters. The Bertz CT molecular complexity index is 582. The van der Waals surface area contributed by atoms with E-state index in [0.29, 0.717) is 0 Å². The largest absolute Gasteiger partial charge is 0.324 e. The van der Waals surface area contributed by atoms with Crippen LogP contribution in [0.4, 0.5) is 0 Å². The summed E-state index contributed by atoms with van der Waals surface area (Å²) in [6, 6.07) is 10.6. The summed E-state index contributed by atoms with van der Waals surface area (Å²) in [5, 5.41) is 0. The zero-order chi connectivity index (χ0) is 14.9. The third-order valence-electron chi connectivity index (χ3n) is 4.73. The highest BCUT2D eigenvalue weighted by Gasteiger charge is 2.17. The van der Waals surface area contributed by atoms with Crippen LogP contribution < -0.4 is 5.73 Å². The van der Waals surface area contributed by atoms with Crippen molar-refractivity contribution in [1.82, 2.24) is 0 Å². The molecule has 1 nitrogen and oxygen atoms in total. The molecule has 20 heavy (non-hydrogen) atoms. The van der Waals surface area contributed by atoms with Crippen molar-refractivity contribution in [2.24, 2.45) is 5.73 Å². The van der Waals surface area contributed by atoms with Crippen LogP contribution in [0.1, 0.15) is 45.0 Å². The number of hydrogen-bond donors (Lipinski definition) is 1. The molecule has 1 atom stereocenters. The van der Waals surface area contributed by atoms with Gasteiger partial charge >= 0.3 is 0 Å². The summed E-state index contributed by atoms with van der Waals surface area (Å²) in [5.41, 5.74) is 16.0. The summed E-state index contributed by atoms with van der Waals surface area (Å²) in [6.45, 7) is 11.0. The van der Waals surface area contributed by atoms with Gasteiger partial charge in [-0.25, -0.2) is 0 Å². The average Bonchev–Trinajstić information content (AvgIpc) is 2.44. The maximum absolute atomic E-state index is 6.52. The first-order valence-corrected chi connectivity index (χ1v) is 7.29. The van der Waals surface area contributed by atoms with E-state index in [0.717, 1.165) is 6.42 Å². The van der Waals surface area contributed by atoms with Gasteiger partial charge in [0.1, 0.15) is 0 Å². The normalized spacial score (nSPS) is 12.5. The molecule has 0 aromatic heterocycles. The van der Waals surface area contributed by atoms with E-state index in [2.05, 4.69) is 58.9 Å². The van der Waals surface area contributed by atoms with Crippen molar-refractivity contribution < 1.29 is 0 Å². The lowest BCUT2D eigenvalue weighted by Gasteiger charge is -2.23. The molecule has 0 amide bonds. The standard InChI is InChI=1S/C19H25N/c1-12-13(2)15(4)19(16(5)14(12)3)18(20)11-17-9-7-6-8-10-17/h6-10,18H,11,20H2,1-5H3. The van der Waals surface area contributed by atoms with Gasteiger partial charge in [0.15, 0.2) is 0 Å². The van der Waals surface area contributed by atoms with Crippen LogP contribution in [0.5, 0.6) is 0 Å². The van der Waals surface area contributed by atoms with Crippen molar-refractivity contribution in [3.8, 4) is 0 Å². The molecule has 0 saturated heterocycles. The molecular formula is C19H25N. The molecule has 0 saturated carbocycles. The fourth-order valence-corrected chi connectivity index (χ4v) is 3.06. The van der Waals surface area contributed by atoms with E-state index in [-0.39, 0.29) is 6.04 Å². The summed E-state index contributed by atoms with van der Waals surface area (Å²) in [7, 11) is 0. The van der Waals surface area contributed by atoms with E-state index in [4.69, 9.17) is 5.73 Å². The lowest BCUT2D eigenvalue weighted by molar-refractivity contribution is 0.708. The summed E-state index contributed by atoms with van der Waals surface area (Å²) in [4.78, 5) is 0. The molecule has 2 aromatic rings. The predicted molar refractivity (Wildman–Crippen MR) is 87.2 cm³/mol. The molecule has 2 aromatic carbocycles. The number of hydrogen-bond acceptors (Lipinski definition) is 1. The zero-order valence-corrected chi connectivity index (χ0v) is 13.2. The minimum atomic E-state index is 0.0652. The number of rotatable bonds is 3. The van der Waals surface area contributed by atoms with Gasteiger partial charge in [0.05, 0.1) is 0 Å². The summed E-state index contributed by atoms with van der Waals surface area (Å²) in [5.74, 6) is 0. The van der Waals surface area contributed by atoms with Gasteiger partial charge in [0.2, 0.25) is 0 Å². The predicted octanol–water partition coefficient (Wildman–Crippen LogP) is 4.47. The van der Waals surface area contributed by atoms with E-state index in [1.165, 1.54) is 38.9 Å². The molecule has 0 spiro atoms. The van der Waals surface area contributed by atoms with Gasteiger partial charge < -0.3 is 5.73 Å². The molecule has 0 fully saturated rings. The Kier molecular flexibility index (Phi) is 4.29. The monoisotopic (exact) mass is 267 g/mol. The van der Waals surface area contributed by atoms with Crippen LogP contribution in [0, 0.1) is 34.6 Å². The maximum atomic E-state index is 6.52. The summed E-state index contributed by atoms with van der Waals surface area (Å²) >= 11 is 0. The minimum absolute atomic E-state index is 0.0652. The third-order valence-corrected chi connectivity index (χ3v) is 4.73. The Morgan fingerprint density at radius 2 is 1.20 bits per heavy atom. The third kappa shape index (κ3) is 2.64. The molecule has 106 valence electrons. The second-order valence-electron chi connectivity index (χ2n) is 5.83. The summed E-state index contributed by atoms with van der Waals surface area (Å²) < 4.78 is 0. The van der Waals surface area contributed by atoms with Gasteiger partial charge in [-0.3, -0.25) is 0 Å².